The first-order valence-corrected chi connectivity index (χ1v) is 7.77. The summed E-state index contributed by atoms with van der Waals surface area (Å²) < 4.78 is 0. The number of rotatable bonds is 9. The summed E-state index contributed by atoms with van der Waals surface area (Å²) >= 11 is 0. The normalized spacial score (nSPS) is 17.6. The molecule has 0 radical (unpaired) electrons. The Balaban J connectivity index is 2.27. The molecule has 1 unspecified atom stereocenters. The summed E-state index contributed by atoms with van der Waals surface area (Å²) in [5.41, 5.74) is 0. The second kappa shape index (κ2) is 8.54. The molecule has 1 amide bonds. The molecule has 0 aliphatic carbocycles. The number of nitrogens with zero attached hydrogens (tertiary/aromatic N) is 1. The van der Waals surface area contributed by atoms with E-state index in [0.29, 0.717) is 18.5 Å². The average Bonchev–Trinajstić information content (AvgIpc) is 2.24. The fourth-order valence-corrected chi connectivity index (χ4v) is 2.37. The summed E-state index contributed by atoms with van der Waals surface area (Å²) in [6.07, 6.45) is 3.35. The first-order valence-electron chi connectivity index (χ1n) is 7.77. The molecule has 0 spiro atoms. The van der Waals surface area contributed by atoms with E-state index in [2.05, 4.69) is 43.2 Å². The van der Waals surface area contributed by atoms with Crippen molar-refractivity contribution in [1.29, 1.82) is 0 Å². The molecule has 1 aliphatic rings. The van der Waals surface area contributed by atoms with Gasteiger partial charge in [0, 0.05) is 25.2 Å². The molecule has 1 saturated heterocycles. The lowest BCUT2D eigenvalue weighted by atomic mass is 10.0. The zero-order valence-corrected chi connectivity index (χ0v) is 13.0. The molecule has 1 aliphatic heterocycles. The van der Waals surface area contributed by atoms with E-state index in [1.165, 1.54) is 6.42 Å². The molecule has 4 heteroatoms. The molecule has 0 aromatic heterocycles. The van der Waals surface area contributed by atoms with E-state index in [0.717, 1.165) is 32.5 Å². The van der Waals surface area contributed by atoms with Gasteiger partial charge in [-0.1, -0.05) is 20.8 Å². The summed E-state index contributed by atoms with van der Waals surface area (Å²) in [4.78, 5) is 14.4. The van der Waals surface area contributed by atoms with Crippen LogP contribution >= 0.6 is 0 Å². The van der Waals surface area contributed by atoms with Crippen molar-refractivity contribution in [3.05, 3.63) is 0 Å². The van der Waals surface area contributed by atoms with Crippen LogP contribution in [0.2, 0.25) is 0 Å². The molecule has 0 bridgehead atoms. The van der Waals surface area contributed by atoms with Crippen molar-refractivity contribution in [3.8, 4) is 0 Å². The second-order valence-corrected chi connectivity index (χ2v) is 6.22. The van der Waals surface area contributed by atoms with Gasteiger partial charge in [0.1, 0.15) is 0 Å². The largest absolute Gasteiger partial charge is 0.353 e. The molecular weight excluding hydrogens is 238 g/mol. The molecule has 4 nitrogen and oxygen atoms in total. The van der Waals surface area contributed by atoms with Crippen molar-refractivity contribution in [2.24, 2.45) is 5.92 Å². The van der Waals surface area contributed by atoms with Gasteiger partial charge in [-0.25, -0.2) is 0 Å². The number of hydrogen-bond donors (Lipinski definition) is 2. The van der Waals surface area contributed by atoms with E-state index in [-0.39, 0.29) is 11.9 Å². The van der Waals surface area contributed by atoms with Crippen molar-refractivity contribution in [2.45, 2.75) is 59.0 Å². The number of nitrogens with one attached hydrogen (secondary N) is 2. The Morgan fingerprint density at radius 2 is 2.00 bits per heavy atom. The number of hydrogen-bond acceptors (Lipinski definition) is 3. The SMILES string of the molecule is CCCN(CC(=O)NC(C)CCC(C)C)C1CNC1. The maximum atomic E-state index is 12.1. The number of amides is 1. The Hall–Kier alpha value is -0.610. The minimum atomic E-state index is 0.177. The fourth-order valence-electron chi connectivity index (χ4n) is 2.37. The molecule has 1 rings (SSSR count). The molecule has 0 aromatic carbocycles. The summed E-state index contributed by atoms with van der Waals surface area (Å²) in [5, 5.41) is 6.40. The Morgan fingerprint density at radius 3 is 2.47 bits per heavy atom. The topological polar surface area (TPSA) is 44.4 Å². The van der Waals surface area contributed by atoms with Gasteiger partial charge in [0.2, 0.25) is 5.91 Å². The lowest BCUT2D eigenvalue weighted by Crippen LogP contribution is -2.59. The van der Waals surface area contributed by atoms with Gasteiger partial charge in [-0.2, -0.15) is 0 Å². The quantitative estimate of drug-likeness (QED) is 0.668. The fraction of sp³-hybridized carbons (Fsp3) is 0.933. The third kappa shape index (κ3) is 6.39. The van der Waals surface area contributed by atoms with Gasteiger partial charge in [-0.3, -0.25) is 9.69 Å². The zero-order chi connectivity index (χ0) is 14.3. The number of carbonyl (C=O) groups is 1. The lowest BCUT2D eigenvalue weighted by molar-refractivity contribution is -0.123. The Kier molecular flexibility index (Phi) is 7.39. The molecule has 2 N–H and O–H groups in total. The van der Waals surface area contributed by atoms with Crippen LogP contribution in [0, 0.1) is 5.92 Å². The van der Waals surface area contributed by atoms with Crippen LogP contribution in [0.5, 0.6) is 0 Å². The Bertz CT molecular complexity index is 264. The van der Waals surface area contributed by atoms with E-state index in [4.69, 9.17) is 0 Å². The van der Waals surface area contributed by atoms with Crippen molar-refractivity contribution in [3.63, 3.8) is 0 Å². The molecule has 112 valence electrons. The van der Waals surface area contributed by atoms with Crippen LogP contribution in [0.4, 0.5) is 0 Å². The average molecular weight is 269 g/mol. The molecule has 1 heterocycles. The third-order valence-electron chi connectivity index (χ3n) is 3.72. The summed E-state index contributed by atoms with van der Waals surface area (Å²) in [6, 6.07) is 0.842. The van der Waals surface area contributed by atoms with Gasteiger partial charge in [0.05, 0.1) is 6.54 Å². The van der Waals surface area contributed by atoms with Crippen LogP contribution in [-0.4, -0.2) is 49.1 Å². The molecule has 1 fully saturated rings. The Labute approximate surface area is 118 Å². The van der Waals surface area contributed by atoms with Crippen LogP contribution in [0.15, 0.2) is 0 Å². The van der Waals surface area contributed by atoms with Gasteiger partial charge >= 0.3 is 0 Å². The maximum Gasteiger partial charge on any atom is 0.234 e. The first-order chi connectivity index (χ1) is 9.02. The Morgan fingerprint density at radius 1 is 1.32 bits per heavy atom. The van der Waals surface area contributed by atoms with Crippen molar-refractivity contribution >= 4 is 5.91 Å². The first kappa shape index (κ1) is 16.4. The smallest absolute Gasteiger partial charge is 0.234 e. The summed E-state index contributed by atoms with van der Waals surface area (Å²) in [7, 11) is 0. The second-order valence-electron chi connectivity index (χ2n) is 6.22. The maximum absolute atomic E-state index is 12.1. The van der Waals surface area contributed by atoms with Crippen molar-refractivity contribution < 1.29 is 4.79 Å². The number of carbonyl (C=O) groups excluding carboxylic acids is 1. The van der Waals surface area contributed by atoms with Gasteiger partial charge < -0.3 is 10.6 Å². The molecule has 0 aromatic rings. The monoisotopic (exact) mass is 269 g/mol. The zero-order valence-electron chi connectivity index (χ0n) is 13.0. The summed E-state index contributed by atoms with van der Waals surface area (Å²) in [6.45, 7) is 12.3. The standard InChI is InChI=1S/C15H31N3O/c1-5-8-18(14-9-16-10-14)11-15(19)17-13(4)7-6-12(2)3/h12-14,16H,5-11H2,1-4H3,(H,17,19). The van der Waals surface area contributed by atoms with Crippen LogP contribution in [0.1, 0.15) is 47.0 Å². The van der Waals surface area contributed by atoms with E-state index < -0.39 is 0 Å². The molecule has 1 atom stereocenters. The predicted molar refractivity (Wildman–Crippen MR) is 80.2 cm³/mol. The van der Waals surface area contributed by atoms with Crippen LogP contribution in [-0.2, 0) is 4.79 Å². The van der Waals surface area contributed by atoms with Gasteiger partial charge in [-0.15, -0.1) is 0 Å². The highest BCUT2D eigenvalue weighted by Gasteiger charge is 2.25. The predicted octanol–water partition coefficient (Wildman–Crippen LogP) is 1.61. The van der Waals surface area contributed by atoms with E-state index in [9.17, 15) is 4.79 Å². The minimum Gasteiger partial charge on any atom is -0.353 e. The van der Waals surface area contributed by atoms with Gasteiger partial charge in [0.25, 0.3) is 0 Å². The van der Waals surface area contributed by atoms with E-state index in [1.807, 2.05) is 0 Å². The highest BCUT2D eigenvalue weighted by Crippen LogP contribution is 2.08. The highest BCUT2D eigenvalue weighted by atomic mass is 16.2. The van der Waals surface area contributed by atoms with E-state index >= 15 is 0 Å². The van der Waals surface area contributed by atoms with Crippen molar-refractivity contribution in [1.82, 2.24) is 15.5 Å². The lowest BCUT2D eigenvalue weighted by Gasteiger charge is -2.37. The summed E-state index contributed by atoms with van der Waals surface area (Å²) in [5.74, 6) is 0.883. The van der Waals surface area contributed by atoms with Gasteiger partial charge in [-0.05, 0) is 38.6 Å². The van der Waals surface area contributed by atoms with Crippen LogP contribution in [0.25, 0.3) is 0 Å². The van der Waals surface area contributed by atoms with Crippen molar-refractivity contribution in [2.75, 3.05) is 26.2 Å². The molecular formula is C15H31N3O. The molecule has 19 heavy (non-hydrogen) atoms. The molecule has 0 saturated carbocycles. The highest BCUT2D eigenvalue weighted by molar-refractivity contribution is 5.78. The van der Waals surface area contributed by atoms with Crippen LogP contribution in [0.3, 0.4) is 0 Å². The van der Waals surface area contributed by atoms with Crippen LogP contribution < -0.4 is 10.6 Å². The third-order valence-corrected chi connectivity index (χ3v) is 3.72. The van der Waals surface area contributed by atoms with Gasteiger partial charge in [0.15, 0.2) is 0 Å². The van der Waals surface area contributed by atoms with E-state index in [1.54, 1.807) is 0 Å². The minimum absolute atomic E-state index is 0.177.